The summed E-state index contributed by atoms with van der Waals surface area (Å²) in [6, 6.07) is 1.81. The van der Waals surface area contributed by atoms with Gasteiger partial charge < -0.3 is 4.74 Å². The van der Waals surface area contributed by atoms with Crippen LogP contribution >= 0.6 is 15.9 Å². The highest BCUT2D eigenvalue weighted by atomic mass is 79.9. The van der Waals surface area contributed by atoms with E-state index in [9.17, 15) is 0 Å². The van der Waals surface area contributed by atoms with Crippen LogP contribution < -0.4 is 4.74 Å². The van der Waals surface area contributed by atoms with Crippen LogP contribution in [0.25, 0.3) is 0 Å². The van der Waals surface area contributed by atoms with E-state index in [0.29, 0.717) is 11.8 Å². The minimum atomic E-state index is 0.316. The first kappa shape index (κ1) is 12.4. The van der Waals surface area contributed by atoms with Crippen molar-refractivity contribution in [2.24, 2.45) is 0 Å². The van der Waals surface area contributed by atoms with Gasteiger partial charge in [-0.15, -0.1) is 0 Å². The van der Waals surface area contributed by atoms with Crippen LogP contribution in [-0.2, 0) is 0 Å². The minimum absolute atomic E-state index is 0.316. The van der Waals surface area contributed by atoms with E-state index in [1.165, 1.54) is 0 Å². The lowest BCUT2D eigenvalue weighted by Gasteiger charge is -2.08. The molecule has 0 saturated heterocycles. The summed E-state index contributed by atoms with van der Waals surface area (Å²) in [5.74, 6) is 1.79. The van der Waals surface area contributed by atoms with Crippen LogP contribution in [0, 0.1) is 0 Å². The fraction of sp³-hybridized carbons (Fsp3) is 0.636. The van der Waals surface area contributed by atoms with E-state index in [1.54, 1.807) is 0 Å². The molecule has 0 aliphatic heterocycles. The highest BCUT2D eigenvalue weighted by Crippen LogP contribution is 2.18. The number of ether oxygens (including phenoxy) is 1. The van der Waals surface area contributed by atoms with Crippen LogP contribution in [0.3, 0.4) is 0 Å². The summed E-state index contributed by atoms with van der Waals surface area (Å²) < 4.78 is 6.32. The predicted octanol–water partition coefficient (Wildman–Crippen LogP) is 3.54. The molecule has 0 aromatic carbocycles. The second-order valence-electron chi connectivity index (χ2n) is 3.74. The summed E-state index contributed by atoms with van der Waals surface area (Å²) in [4.78, 5) is 8.63. The van der Waals surface area contributed by atoms with E-state index in [0.717, 1.165) is 29.9 Å². The summed E-state index contributed by atoms with van der Waals surface area (Å²) in [5.41, 5.74) is 0. The first-order valence-electron chi connectivity index (χ1n) is 5.30. The average Bonchev–Trinajstić information content (AvgIpc) is 2.17. The number of aromatic nitrogens is 2. The average molecular weight is 273 g/mol. The van der Waals surface area contributed by atoms with Gasteiger partial charge in [0.15, 0.2) is 0 Å². The number of nitrogens with zero attached hydrogens (tertiary/aromatic N) is 2. The lowest BCUT2D eigenvalue weighted by Crippen LogP contribution is -2.03. The van der Waals surface area contributed by atoms with E-state index in [2.05, 4.69) is 46.7 Å². The largest absolute Gasteiger partial charge is 0.478 e. The molecule has 0 atom stereocenters. The molecule has 0 amide bonds. The third kappa shape index (κ3) is 4.16. The number of halogens is 1. The van der Waals surface area contributed by atoms with Gasteiger partial charge in [-0.2, -0.15) is 4.98 Å². The molecular formula is C11H17BrN2O. The summed E-state index contributed by atoms with van der Waals surface area (Å²) in [7, 11) is 0. The fourth-order valence-electron chi connectivity index (χ4n) is 1.07. The Kier molecular flexibility index (Phi) is 5.02. The third-order valence-corrected chi connectivity index (χ3v) is 2.36. The van der Waals surface area contributed by atoms with Crippen LogP contribution in [0.5, 0.6) is 5.88 Å². The Bertz CT molecular complexity index is 315. The quantitative estimate of drug-likeness (QED) is 0.608. The molecule has 0 saturated carbocycles. The van der Waals surface area contributed by atoms with Gasteiger partial charge in [0.1, 0.15) is 10.4 Å². The smallest absolute Gasteiger partial charge is 0.217 e. The monoisotopic (exact) mass is 272 g/mol. The number of hydrogen-bond donors (Lipinski definition) is 0. The van der Waals surface area contributed by atoms with E-state index >= 15 is 0 Å². The highest BCUT2D eigenvalue weighted by molar-refractivity contribution is 9.10. The van der Waals surface area contributed by atoms with Gasteiger partial charge in [0.2, 0.25) is 5.88 Å². The molecule has 1 heterocycles. The van der Waals surface area contributed by atoms with Gasteiger partial charge in [-0.25, -0.2) is 4.98 Å². The molecule has 0 radical (unpaired) electrons. The van der Waals surface area contributed by atoms with Crippen molar-refractivity contribution in [1.82, 2.24) is 9.97 Å². The summed E-state index contributed by atoms with van der Waals surface area (Å²) in [5, 5.41) is 0. The van der Waals surface area contributed by atoms with Gasteiger partial charge >= 0.3 is 0 Å². The lowest BCUT2D eigenvalue weighted by molar-refractivity contribution is 0.295. The van der Waals surface area contributed by atoms with Gasteiger partial charge in [0.25, 0.3) is 0 Å². The molecule has 0 fully saturated rings. The van der Waals surface area contributed by atoms with Crippen molar-refractivity contribution in [3.63, 3.8) is 0 Å². The minimum Gasteiger partial charge on any atom is -0.478 e. The molecule has 4 heteroatoms. The number of unbranched alkanes of at least 4 members (excludes halogenated alkanes) is 1. The van der Waals surface area contributed by atoms with Gasteiger partial charge in [-0.05, 0) is 22.4 Å². The Balaban J connectivity index is 2.71. The predicted molar refractivity (Wildman–Crippen MR) is 64.2 cm³/mol. The van der Waals surface area contributed by atoms with E-state index in [1.807, 2.05) is 6.07 Å². The molecular weight excluding hydrogens is 256 g/mol. The Hall–Kier alpha value is -0.640. The Morgan fingerprint density at radius 1 is 1.40 bits per heavy atom. The van der Waals surface area contributed by atoms with Crippen molar-refractivity contribution in [3.05, 3.63) is 16.5 Å². The Labute approximate surface area is 99.4 Å². The first-order valence-corrected chi connectivity index (χ1v) is 6.10. The van der Waals surface area contributed by atoms with Crippen molar-refractivity contribution in [3.8, 4) is 5.88 Å². The molecule has 0 bridgehead atoms. The van der Waals surface area contributed by atoms with Crippen LogP contribution in [0.2, 0.25) is 0 Å². The lowest BCUT2D eigenvalue weighted by atomic mass is 10.2. The topological polar surface area (TPSA) is 35.0 Å². The molecule has 0 unspecified atom stereocenters. The molecule has 0 aliphatic rings. The second-order valence-corrected chi connectivity index (χ2v) is 4.56. The fourth-order valence-corrected chi connectivity index (χ4v) is 1.44. The number of hydrogen-bond acceptors (Lipinski definition) is 3. The standard InChI is InChI=1S/C11H17BrN2O/c1-4-5-6-15-10-7-9(12)13-11(14-10)8(2)3/h7-8H,4-6H2,1-3H3. The van der Waals surface area contributed by atoms with Gasteiger partial charge in [0.05, 0.1) is 6.61 Å². The molecule has 1 rings (SSSR count). The van der Waals surface area contributed by atoms with Crippen LogP contribution in [-0.4, -0.2) is 16.6 Å². The van der Waals surface area contributed by atoms with Crippen molar-refractivity contribution < 1.29 is 4.74 Å². The zero-order chi connectivity index (χ0) is 11.3. The zero-order valence-electron chi connectivity index (χ0n) is 9.46. The highest BCUT2D eigenvalue weighted by Gasteiger charge is 2.07. The maximum absolute atomic E-state index is 5.54. The number of rotatable bonds is 5. The first-order chi connectivity index (χ1) is 7.13. The SMILES string of the molecule is CCCCOc1cc(Br)nc(C(C)C)n1. The maximum atomic E-state index is 5.54. The third-order valence-electron chi connectivity index (χ3n) is 1.95. The van der Waals surface area contributed by atoms with Crippen LogP contribution in [0.4, 0.5) is 0 Å². The van der Waals surface area contributed by atoms with Gasteiger partial charge in [-0.1, -0.05) is 27.2 Å². The van der Waals surface area contributed by atoms with E-state index in [4.69, 9.17) is 4.74 Å². The van der Waals surface area contributed by atoms with E-state index in [-0.39, 0.29) is 0 Å². The summed E-state index contributed by atoms with van der Waals surface area (Å²) in [6.07, 6.45) is 2.18. The van der Waals surface area contributed by atoms with Crippen LogP contribution in [0.15, 0.2) is 10.7 Å². The zero-order valence-corrected chi connectivity index (χ0v) is 11.0. The molecule has 0 N–H and O–H groups in total. The molecule has 15 heavy (non-hydrogen) atoms. The molecule has 84 valence electrons. The summed E-state index contributed by atoms with van der Waals surface area (Å²) in [6.45, 7) is 6.99. The van der Waals surface area contributed by atoms with Gasteiger partial charge in [-0.3, -0.25) is 0 Å². The molecule has 0 aliphatic carbocycles. The van der Waals surface area contributed by atoms with Crippen molar-refractivity contribution >= 4 is 15.9 Å². The normalized spacial score (nSPS) is 10.7. The molecule has 1 aromatic heterocycles. The van der Waals surface area contributed by atoms with Crippen molar-refractivity contribution in [2.75, 3.05) is 6.61 Å². The maximum Gasteiger partial charge on any atom is 0.217 e. The molecule has 3 nitrogen and oxygen atoms in total. The van der Waals surface area contributed by atoms with Crippen LogP contribution in [0.1, 0.15) is 45.4 Å². The van der Waals surface area contributed by atoms with Crippen molar-refractivity contribution in [2.45, 2.75) is 39.5 Å². The molecule has 0 spiro atoms. The van der Waals surface area contributed by atoms with E-state index < -0.39 is 0 Å². The van der Waals surface area contributed by atoms with Crippen molar-refractivity contribution in [1.29, 1.82) is 0 Å². The summed E-state index contributed by atoms with van der Waals surface area (Å²) >= 11 is 3.36. The Morgan fingerprint density at radius 3 is 2.73 bits per heavy atom. The molecule has 1 aromatic rings. The second kappa shape index (κ2) is 6.05. The Morgan fingerprint density at radius 2 is 2.13 bits per heavy atom. The van der Waals surface area contributed by atoms with Gasteiger partial charge in [0, 0.05) is 12.0 Å².